The van der Waals surface area contributed by atoms with Gasteiger partial charge in [-0.05, 0) is 52.4 Å². The van der Waals surface area contributed by atoms with E-state index in [-0.39, 0.29) is 12.0 Å². The molecule has 1 unspecified atom stereocenters. The summed E-state index contributed by atoms with van der Waals surface area (Å²) in [7, 11) is 1.27. The van der Waals surface area contributed by atoms with Gasteiger partial charge in [0.2, 0.25) is 0 Å². The Morgan fingerprint density at radius 1 is 1.20 bits per heavy atom. The van der Waals surface area contributed by atoms with Gasteiger partial charge in [-0.2, -0.15) is 0 Å². The summed E-state index contributed by atoms with van der Waals surface area (Å²) in [4.78, 5) is 22.9. The molecule has 20 heavy (non-hydrogen) atoms. The highest BCUT2D eigenvalue weighted by molar-refractivity contribution is 5.74. The first-order valence-corrected chi connectivity index (χ1v) is 6.98. The summed E-state index contributed by atoms with van der Waals surface area (Å²) in [5, 5.41) is 12.6. The number of aliphatic hydroxyl groups excluding tert-OH is 1. The Labute approximate surface area is 119 Å². The molecular weight excluding hydrogens is 262 g/mol. The Kier molecular flexibility index (Phi) is 5.80. The molecule has 116 valence electrons. The highest BCUT2D eigenvalue weighted by atomic mass is 16.6. The average molecular weight is 287 g/mol. The third kappa shape index (κ3) is 5.36. The van der Waals surface area contributed by atoms with E-state index in [9.17, 15) is 14.7 Å². The van der Waals surface area contributed by atoms with Crippen molar-refractivity contribution in [2.24, 2.45) is 5.92 Å². The largest absolute Gasteiger partial charge is 0.467 e. The quantitative estimate of drug-likeness (QED) is 0.770. The second kappa shape index (κ2) is 6.92. The summed E-state index contributed by atoms with van der Waals surface area (Å²) in [5.74, 6) is -0.687. The molecule has 1 fully saturated rings. The predicted octanol–water partition coefficient (Wildman–Crippen LogP) is 1.60. The van der Waals surface area contributed by atoms with Crippen LogP contribution in [-0.4, -0.2) is 42.0 Å². The lowest BCUT2D eigenvalue weighted by atomic mass is 9.82. The highest BCUT2D eigenvalue weighted by Gasteiger charge is 2.32. The first-order valence-electron chi connectivity index (χ1n) is 6.98. The van der Waals surface area contributed by atoms with Gasteiger partial charge >= 0.3 is 12.1 Å². The van der Waals surface area contributed by atoms with E-state index >= 15 is 0 Å². The van der Waals surface area contributed by atoms with Gasteiger partial charge in [0.1, 0.15) is 5.60 Å². The van der Waals surface area contributed by atoms with E-state index in [1.165, 1.54) is 7.11 Å². The molecule has 0 aromatic rings. The van der Waals surface area contributed by atoms with Crippen LogP contribution < -0.4 is 5.32 Å². The fourth-order valence-electron chi connectivity index (χ4n) is 2.37. The fraction of sp³-hybridized carbons (Fsp3) is 0.857. The molecule has 0 spiro atoms. The van der Waals surface area contributed by atoms with Gasteiger partial charge in [0, 0.05) is 6.04 Å². The minimum Gasteiger partial charge on any atom is -0.467 e. The lowest BCUT2D eigenvalue weighted by Crippen LogP contribution is -2.43. The van der Waals surface area contributed by atoms with Gasteiger partial charge in [0.25, 0.3) is 0 Å². The monoisotopic (exact) mass is 287 g/mol. The summed E-state index contributed by atoms with van der Waals surface area (Å²) in [6, 6.07) is 0.0333. The Morgan fingerprint density at radius 3 is 2.20 bits per heavy atom. The smallest absolute Gasteiger partial charge is 0.407 e. The van der Waals surface area contributed by atoms with Crippen molar-refractivity contribution in [1.82, 2.24) is 5.32 Å². The van der Waals surface area contributed by atoms with Gasteiger partial charge in [-0.25, -0.2) is 9.59 Å². The van der Waals surface area contributed by atoms with E-state index in [1.807, 2.05) is 20.8 Å². The normalized spacial score (nSPS) is 24.6. The number of methoxy groups -OCH3 is 1. The van der Waals surface area contributed by atoms with Crippen LogP contribution in [0.5, 0.6) is 0 Å². The molecule has 6 nitrogen and oxygen atoms in total. The number of hydrogen-bond acceptors (Lipinski definition) is 5. The van der Waals surface area contributed by atoms with E-state index in [1.54, 1.807) is 0 Å². The van der Waals surface area contributed by atoms with Crippen LogP contribution in [0.2, 0.25) is 0 Å². The first-order chi connectivity index (χ1) is 9.23. The van der Waals surface area contributed by atoms with Crippen molar-refractivity contribution < 1.29 is 24.2 Å². The molecule has 0 heterocycles. The average Bonchev–Trinajstić information content (AvgIpc) is 2.35. The van der Waals surface area contributed by atoms with Crippen molar-refractivity contribution in [2.45, 2.75) is 64.2 Å². The van der Waals surface area contributed by atoms with Crippen LogP contribution in [0, 0.1) is 5.92 Å². The summed E-state index contributed by atoms with van der Waals surface area (Å²) >= 11 is 0. The molecule has 1 aliphatic rings. The zero-order valence-corrected chi connectivity index (χ0v) is 12.6. The number of aliphatic hydroxyl groups is 1. The van der Waals surface area contributed by atoms with Crippen molar-refractivity contribution >= 4 is 12.1 Å². The molecule has 1 amide bonds. The lowest BCUT2D eigenvalue weighted by molar-refractivity contribution is -0.154. The molecule has 0 aromatic heterocycles. The molecule has 1 atom stereocenters. The van der Waals surface area contributed by atoms with Crippen LogP contribution >= 0.6 is 0 Å². The Hall–Kier alpha value is -1.30. The molecular formula is C14H25NO5. The minimum atomic E-state index is -1.07. The maximum Gasteiger partial charge on any atom is 0.407 e. The number of alkyl carbamates (subject to hydrolysis) is 1. The number of rotatable bonds is 3. The van der Waals surface area contributed by atoms with E-state index in [2.05, 4.69) is 10.1 Å². The molecule has 0 radical (unpaired) electrons. The molecule has 1 aliphatic carbocycles. The molecule has 0 bridgehead atoms. The van der Waals surface area contributed by atoms with Gasteiger partial charge in [0.15, 0.2) is 6.10 Å². The SMILES string of the molecule is COC(=O)C(O)C1CCC(NC(=O)OC(C)(C)C)CC1. The third-order valence-corrected chi connectivity index (χ3v) is 3.38. The molecule has 0 saturated heterocycles. The number of hydrogen-bond donors (Lipinski definition) is 2. The molecule has 1 saturated carbocycles. The highest BCUT2D eigenvalue weighted by Crippen LogP contribution is 2.27. The molecule has 6 heteroatoms. The Bertz CT molecular complexity index is 342. The van der Waals surface area contributed by atoms with Crippen molar-refractivity contribution in [1.29, 1.82) is 0 Å². The number of carbonyl (C=O) groups excluding carboxylic acids is 2. The third-order valence-electron chi connectivity index (χ3n) is 3.38. The van der Waals surface area contributed by atoms with Crippen LogP contribution in [-0.2, 0) is 14.3 Å². The summed E-state index contributed by atoms with van der Waals surface area (Å²) in [6.07, 6.45) is 1.31. The van der Waals surface area contributed by atoms with Crippen LogP contribution in [0.15, 0.2) is 0 Å². The summed E-state index contributed by atoms with van der Waals surface area (Å²) < 4.78 is 9.73. The fourth-order valence-corrected chi connectivity index (χ4v) is 2.37. The van der Waals surface area contributed by atoms with Gasteiger partial charge in [0.05, 0.1) is 7.11 Å². The summed E-state index contributed by atoms with van der Waals surface area (Å²) in [5.41, 5.74) is -0.512. The first kappa shape index (κ1) is 16.8. The molecule has 1 rings (SSSR count). The van der Waals surface area contributed by atoms with Crippen LogP contribution in [0.1, 0.15) is 46.5 Å². The van der Waals surface area contributed by atoms with Crippen LogP contribution in [0.3, 0.4) is 0 Å². The van der Waals surface area contributed by atoms with Crippen molar-refractivity contribution in [3.63, 3.8) is 0 Å². The number of esters is 1. The number of ether oxygens (including phenoxy) is 2. The van der Waals surface area contributed by atoms with Crippen LogP contribution in [0.4, 0.5) is 4.79 Å². The van der Waals surface area contributed by atoms with Gasteiger partial charge in [-0.15, -0.1) is 0 Å². The number of nitrogens with one attached hydrogen (secondary N) is 1. The lowest BCUT2D eigenvalue weighted by Gasteiger charge is -2.31. The topological polar surface area (TPSA) is 84.9 Å². The standard InChI is InChI=1S/C14H25NO5/c1-14(2,3)20-13(18)15-10-7-5-9(6-8-10)11(16)12(17)19-4/h9-11,16H,5-8H2,1-4H3,(H,15,18). The second-order valence-electron chi connectivity index (χ2n) is 6.23. The van der Waals surface area contributed by atoms with Crippen LogP contribution in [0.25, 0.3) is 0 Å². The summed E-state index contributed by atoms with van der Waals surface area (Å²) in [6.45, 7) is 5.45. The number of amides is 1. The van der Waals surface area contributed by atoms with E-state index in [0.717, 1.165) is 12.8 Å². The van der Waals surface area contributed by atoms with E-state index in [0.29, 0.717) is 12.8 Å². The Balaban J connectivity index is 2.35. The van der Waals surface area contributed by atoms with E-state index < -0.39 is 23.8 Å². The minimum absolute atomic E-state index is 0.0333. The maximum atomic E-state index is 11.6. The maximum absolute atomic E-state index is 11.6. The van der Waals surface area contributed by atoms with Gasteiger partial charge in [-0.3, -0.25) is 0 Å². The van der Waals surface area contributed by atoms with E-state index in [4.69, 9.17) is 4.74 Å². The predicted molar refractivity (Wildman–Crippen MR) is 73.1 cm³/mol. The second-order valence-corrected chi connectivity index (χ2v) is 6.23. The zero-order valence-electron chi connectivity index (χ0n) is 12.6. The molecule has 0 aliphatic heterocycles. The van der Waals surface area contributed by atoms with Gasteiger partial charge < -0.3 is 19.9 Å². The van der Waals surface area contributed by atoms with Crippen molar-refractivity contribution in [2.75, 3.05) is 7.11 Å². The number of carbonyl (C=O) groups is 2. The zero-order chi connectivity index (χ0) is 15.3. The molecule has 0 aromatic carbocycles. The van der Waals surface area contributed by atoms with Crippen molar-refractivity contribution in [3.05, 3.63) is 0 Å². The molecule has 2 N–H and O–H groups in total. The van der Waals surface area contributed by atoms with Crippen molar-refractivity contribution in [3.8, 4) is 0 Å². The van der Waals surface area contributed by atoms with Gasteiger partial charge in [-0.1, -0.05) is 0 Å². The Morgan fingerprint density at radius 2 is 1.75 bits per heavy atom.